The van der Waals surface area contributed by atoms with Gasteiger partial charge in [0.05, 0.1) is 25.0 Å². The molecule has 0 saturated heterocycles. The van der Waals surface area contributed by atoms with E-state index in [1.807, 2.05) is 19.1 Å². The molecule has 0 aliphatic rings. The molecular formula is C13H15BN2O2. The number of nitrogens with zero attached hydrogens (tertiary/aromatic N) is 2. The molecule has 4 nitrogen and oxygen atoms in total. The van der Waals surface area contributed by atoms with E-state index < -0.39 is 11.4 Å². The summed E-state index contributed by atoms with van der Waals surface area (Å²) < 4.78 is 4.80. The zero-order valence-corrected chi connectivity index (χ0v) is 10.8. The largest absolute Gasteiger partial charge is 0.469 e. The van der Waals surface area contributed by atoms with Crippen LogP contribution in [0.4, 0.5) is 0 Å². The molecule has 0 fully saturated rings. The summed E-state index contributed by atoms with van der Waals surface area (Å²) in [6.45, 7) is 3.60. The van der Waals surface area contributed by atoms with E-state index in [1.165, 1.54) is 7.11 Å². The summed E-state index contributed by atoms with van der Waals surface area (Å²) in [7, 11) is 6.85. The molecular weight excluding hydrogens is 227 g/mol. The number of carbonyl (C=O) groups excluding carboxylic acids is 1. The number of ether oxygens (including phenoxy) is 1. The first-order chi connectivity index (χ1) is 8.45. The predicted octanol–water partition coefficient (Wildman–Crippen LogP) is 1.07. The molecule has 5 heteroatoms. The van der Waals surface area contributed by atoms with Crippen LogP contribution in [0.1, 0.15) is 31.7 Å². The van der Waals surface area contributed by atoms with Gasteiger partial charge >= 0.3 is 5.97 Å². The summed E-state index contributed by atoms with van der Waals surface area (Å²) in [6, 6.07) is 5.53. The molecule has 1 aromatic heterocycles. The van der Waals surface area contributed by atoms with Crippen LogP contribution in [0, 0.1) is 16.7 Å². The number of esters is 1. The number of methoxy groups -OCH3 is 1. The number of carbonyl (C=O) groups is 1. The van der Waals surface area contributed by atoms with Gasteiger partial charge < -0.3 is 4.74 Å². The molecule has 92 valence electrons. The van der Waals surface area contributed by atoms with Gasteiger partial charge in [-0.15, -0.1) is 0 Å². The summed E-state index contributed by atoms with van der Waals surface area (Å²) >= 11 is 0. The van der Waals surface area contributed by atoms with Crippen LogP contribution in [0.25, 0.3) is 0 Å². The third-order valence-corrected chi connectivity index (χ3v) is 3.36. The highest BCUT2D eigenvalue weighted by Gasteiger charge is 2.40. The molecule has 0 aliphatic heterocycles. The normalized spacial score (nSPS) is 15.2. The van der Waals surface area contributed by atoms with Crippen LogP contribution in [0.15, 0.2) is 18.3 Å². The smallest absolute Gasteiger partial charge is 0.313 e. The fourth-order valence-electron chi connectivity index (χ4n) is 1.84. The van der Waals surface area contributed by atoms with Crippen molar-refractivity contribution in [1.82, 2.24) is 4.98 Å². The first-order valence-corrected chi connectivity index (χ1v) is 5.62. The van der Waals surface area contributed by atoms with Crippen molar-refractivity contribution in [3.05, 3.63) is 23.9 Å². The molecule has 0 aliphatic carbocycles. The van der Waals surface area contributed by atoms with E-state index in [2.05, 4.69) is 4.98 Å². The van der Waals surface area contributed by atoms with Gasteiger partial charge in [0.25, 0.3) is 0 Å². The summed E-state index contributed by atoms with van der Waals surface area (Å²) in [4.78, 5) is 15.9. The minimum Gasteiger partial charge on any atom is -0.469 e. The van der Waals surface area contributed by atoms with Gasteiger partial charge in [0, 0.05) is 6.20 Å². The first kappa shape index (κ1) is 14.2. The Hall–Kier alpha value is -1.83. The SMILES string of the molecule is [B]c1ccc(C(C)C(C)(CC#N)C(=O)OC)cn1. The molecule has 2 radical (unpaired) electrons. The molecule has 0 N–H and O–H groups in total. The topological polar surface area (TPSA) is 63.0 Å². The van der Waals surface area contributed by atoms with Gasteiger partial charge in [-0.2, -0.15) is 5.26 Å². The summed E-state index contributed by atoms with van der Waals surface area (Å²) in [5, 5.41) is 8.89. The van der Waals surface area contributed by atoms with Gasteiger partial charge in [0.15, 0.2) is 0 Å². The molecule has 2 atom stereocenters. The van der Waals surface area contributed by atoms with E-state index in [4.69, 9.17) is 17.8 Å². The van der Waals surface area contributed by atoms with Crippen molar-refractivity contribution in [2.75, 3.05) is 7.11 Å². The van der Waals surface area contributed by atoms with Crippen molar-refractivity contribution in [3.63, 3.8) is 0 Å². The van der Waals surface area contributed by atoms with Gasteiger partial charge in [0.1, 0.15) is 7.85 Å². The molecule has 1 rings (SSSR count). The lowest BCUT2D eigenvalue weighted by Crippen LogP contribution is -2.34. The van der Waals surface area contributed by atoms with Crippen LogP contribution in [-0.2, 0) is 9.53 Å². The first-order valence-electron chi connectivity index (χ1n) is 5.62. The summed E-state index contributed by atoms with van der Waals surface area (Å²) in [5.41, 5.74) is 0.389. The van der Waals surface area contributed by atoms with E-state index in [1.54, 1.807) is 19.2 Å². The molecule has 0 bridgehead atoms. The minimum atomic E-state index is -0.888. The monoisotopic (exact) mass is 242 g/mol. The lowest BCUT2D eigenvalue weighted by molar-refractivity contribution is -0.152. The van der Waals surface area contributed by atoms with Gasteiger partial charge in [-0.3, -0.25) is 9.78 Å². The highest BCUT2D eigenvalue weighted by molar-refractivity contribution is 6.30. The lowest BCUT2D eigenvalue weighted by Gasteiger charge is -2.30. The Labute approximate surface area is 108 Å². The van der Waals surface area contributed by atoms with Crippen LogP contribution in [0.5, 0.6) is 0 Å². The number of rotatable bonds is 4. The van der Waals surface area contributed by atoms with Crippen LogP contribution in [-0.4, -0.2) is 25.9 Å². The Morgan fingerprint density at radius 3 is 2.78 bits per heavy atom. The molecule has 0 spiro atoms. The summed E-state index contributed by atoms with van der Waals surface area (Å²) in [6.07, 6.45) is 1.71. The molecule has 1 heterocycles. The Morgan fingerprint density at radius 1 is 1.67 bits per heavy atom. The quantitative estimate of drug-likeness (QED) is 0.585. The van der Waals surface area contributed by atoms with Gasteiger partial charge in [-0.25, -0.2) is 0 Å². The standard InChI is InChI=1S/C13H15BN2O2/c1-9(10-4-5-11(14)16-8-10)13(2,6-7-15)12(17)18-3/h4-5,8-9H,6H2,1-3H3. The number of hydrogen-bond donors (Lipinski definition) is 0. The maximum Gasteiger partial charge on any atom is 0.313 e. The van der Waals surface area contributed by atoms with Crippen molar-refractivity contribution < 1.29 is 9.53 Å². The van der Waals surface area contributed by atoms with E-state index >= 15 is 0 Å². The van der Waals surface area contributed by atoms with E-state index in [0.29, 0.717) is 5.59 Å². The Kier molecular flexibility index (Phi) is 4.49. The fourth-order valence-corrected chi connectivity index (χ4v) is 1.84. The van der Waals surface area contributed by atoms with E-state index in [9.17, 15) is 4.79 Å². The molecule has 0 saturated carbocycles. The Morgan fingerprint density at radius 2 is 2.33 bits per heavy atom. The van der Waals surface area contributed by atoms with Crippen molar-refractivity contribution in [3.8, 4) is 6.07 Å². The molecule has 0 aromatic carbocycles. The maximum absolute atomic E-state index is 11.9. The third kappa shape index (κ3) is 2.70. The van der Waals surface area contributed by atoms with Gasteiger partial charge in [-0.1, -0.05) is 19.1 Å². The average molecular weight is 242 g/mol. The predicted molar refractivity (Wildman–Crippen MR) is 68.4 cm³/mol. The minimum absolute atomic E-state index is 0.0885. The van der Waals surface area contributed by atoms with Gasteiger partial charge in [-0.05, 0) is 24.0 Å². The second kappa shape index (κ2) is 5.68. The van der Waals surface area contributed by atoms with Crippen LogP contribution in [0.3, 0.4) is 0 Å². The number of aromatic nitrogens is 1. The molecule has 18 heavy (non-hydrogen) atoms. The highest BCUT2D eigenvalue weighted by Crippen LogP contribution is 2.39. The lowest BCUT2D eigenvalue weighted by atomic mass is 9.72. The second-order valence-electron chi connectivity index (χ2n) is 4.48. The molecule has 1 aromatic rings. The van der Waals surface area contributed by atoms with Crippen LogP contribution in [0.2, 0.25) is 0 Å². The van der Waals surface area contributed by atoms with Crippen molar-refractivity contribution in [1.29, 1.82) is 5.26 Å². The Balaban J connectivity index is 3.10. The molecule has 2 unspecified atom stereocenters. The zero-order valence-electron chi connectivity index (χ0n) is 10.8. The van der Waals surface area contributed by atoms with Crippen molar-refractivity contribution in [2.24, 2.45) is 5.41 Å². The van der Waals surface area contributed by atoms with Crippen molar-refractivity contribution >= 4 is 19.4 Å². The van der Waals surface area contributed by atoms with Crippen LogP contribution >= 0.6 is 0 Å². The average Bonchev–Trinajstić information content (AvgIpc) is 2.38. The number of nitriles is 1. The maximum atomic E-state index is 11.9. The zero-order chi connectivity index (χ0) is 13.8. The molecule has 0 amide bonds. The van der Waals surface area contributed by atoms with Crippen LogP contribution < -0.4 is 5.59 Å². The fraction of sp³-hybridized carbons (Fsp3) is 0.462. The van der Waals surface area contributed by atoms with E-state index in [0.717, 1.165) is 5.56 Å². The highest BCUT2D eigenvalue weighted by atomic mass is 16.5. The number of pyridine rings is 1. The third-order valence-electron chi connectivity index (χ3n) is 3.36. The second-order valence-corrected chi connectivity index (χ2v) is 4.48. The van der Waals surface area contributed by atoms with E-state index in [-0.39, 0.29) is 12.3 Å². The van der Waals surface area contributed by atoms with Gasteiger partial charge in [0.2, 0.25) is 0 Å². The summed E-state index contributed by atoms with van der Waals surface area (Å²) in [5.74, 6) is -0.578. The van der Waals surface area contributed by atoms with Crippen molar-refractivity contribution in [2.45, 2.75) is 26.2 Å². The number of hydrogen-bond acceptors (Lipinski definition) is 4. The Bertz CT molecular complexity index is 467.